The first-order valence-electron chi connectivity index (χ1n) is 8.44. The summed E-state index contributed by atoms with van der Waals surface area (Å²) in [7, 11) is 0. The number of hydrogen-bond donors (Lipinski definition) is 1. The Kier molecular flexibility index (Phi) is 8.60. The summed E-state index contributed by atoms with van der Waals surface area (Å²) in [6, 6.07) is 12.1. The van der Waals surface area contributed by atoms with Crippen molar-refractivity contribution in [2.24, 2.45) is 5.92 Å². The molecular weight excluding hydrogens is 242 g/mol. The maximum absolute atomic E-state index is 3.85. The van der Waals surface area contributed by atoms with Crippen molar-refractivity contribution in [3.8, 4) is 0 Å². The second-order valence-electron chi connectivity index (χ2n) is 6.50. The molecule has 1 nitrogen and oxygen atoms in total. The predicted molar refractivity (Wildman–Crippen MR) is 90.0 cm³/mol. The summed E-state index contributed by atoms with van der Waals surface area (Å²) in [4.78, 5) is 0. The van der Waals surface area contributed by atoms with E-state index in [2.05, 4.69) is 63.3 Å². The van der Waals surface area contributed by atoms with E-state index in [0.717, 1.165) is 5.92 Å². The molecule has 0 bridgehead atoms. The summed E-state index contributed by atoms with van der Waals surface area (Å²) in [6.45, 7) is 9.22. The van der Waals surface area contributed by atoms with Gasteiger partial charge in [0.15, 0.2) is 0 Å². The van der Waals surface area contributed by atoms with E-state index in [0.29, 0.717) is 12.1 Å². The highest BCUT2D eigenvalue weighted by Crippen LogP contribution is 2.21. The van der Waals surface area contributed by atoms with Crippen LogP contribution in [0.3, 0.4) is 0 Å². The highest BCUT2D eigenvalue weighted by molar-refractivity contribution is 5.18. The topological polar surface area (TPSA) is 12.0 Å². The molecule has 2 atom stereocenters. The Labute approximate surface area is 126 Å². The fraction of sp³-hybridized carbons (Fsp3) is 0.684. The van der Waals surface area contributed by atoms with Gasteiger partial charge in [-0.2, -0.15) is 0 Å². The molecule has 0 heterocycles. The Morgan fingerprint density at radius 2 is 1.60 bits per heavy atom. The first-order valence-corrected chi connectivity index (χ1v) is 8.44. The molecule has 20 heavy (non-hydrogen) atoms. The zero-order valence-electron chi connectivity index (χ0n) is 13.9. The third kappa shape index (κ3) is 7.09. The lowest BCUT2D eigenvalue weighted by Crippen LogP contribution is -2.30. The third-order valence-corrected chi connectivity index (χ3v) is 3.96. The van der Waals surface area contributed by atoms with Gasteiger partial charge in [0.25, 0.3) is 0 Å². The van der Waals surface area contributed by atoms with Crippen LogP contribution in [0, 0.1) is 5.92 Å². The minimum atomic E-state index is 0.518. The molecule has 1 aromatic carbocycles. The van der Waals surface area contributed by atoms with Gasteiger partial charge in [-0.15, -0.1) is 0 Å². The van der Waals surface area contributed by atoms with Crippen LogP contribution >= 0.6 is 0 Å². The summed E-state index contributed by atoms with van der Waals surface area (Å²) in [5, 5.41) is 3.85. The second kappa shape index (κ2) is 9.99. The molecule has 114 valence electrons. The van der Waals surface area contributed by atoms with Gasteiger partial charge in [-0.3, -0.25) is 0 Å². The van der Waals surface area contributed by atoms with Crippen LogP contribution in [0.2, 0.25) is 0 Å². The number of benzene rings is 1. The number of rotatable bonds is 10. The number of hydrogen-bond acceptors (Lipinski definition) is 1. The largest absolute Gasteiger partial charge is 0.307 e. The molecule has 0 aliphatic heterocycles. The molecule has 1 N–H and O–H groups in total. The van der Waals surface area contributed by atoms with Gasteiger partial charge in [0.05, 0.1) is 0 Å². The summed E-state index contributed by atoms with van der Waals surface area (Å²) >= 11 is 0. The average Bonchev–Trinajstić information content (AvgIpc) is 2.45. The first kappa shape index (κ1) is 17.2. The van der Waals surface area contributed by atoms with Crippen molar-refractivity contribution in [2.75, 3.05) is 0 Å². The average molecular weight is 275 g/mol. The van der Waals surface area contributed by atoms with Crippen LogP contribution < -0.4 is 5.32 Å². The Hall–Kier alpha value is -0.820. The van der Waals surface area contributed by atoms with Gasteiger partial charge in [0.1, 0.15) is 0 Å². The van der Waals surface area contributed by atoms with Gasteiger partial charge in [-0.25, -0.2) is 0 Å². The Bertz CT molecular complexity index is 331. The molecule has 0 aliphatic carbocycles. The summed E-state index contributed by atoms with van der Waals surface area (Å²) < 4.78 is 0. The monoisotopic (exact) mass is 275 g/mol. The molecule has 0 spiro atoms. The molecular formula is C19H33N. The second-order valence-corrected chi connectivity index (χ2v) is 6.50. The van der Waals surface area contributed by atoms with Crippen LogP contribution in [-0.4, -0.2) is 6.04 Å². The van der Waals surface area contributed by atoms with Crippen LogP contribution in [0.4, 0.5) is 0 Å². The molecule has 1 heteroatoms. The van der Waals surface area contributed by atoms with Crippen molar-refractivity contribution in [1.29, 1.82) is 0 Å². The van der Waals surface area contributed by atoms with Crippen LogP contribution in [0.15, 0.2) is 30.3 Å². The van der Waals surface area contributed by atoms with Crippen molar-refractivity contribution in [1.82, 2.24) is 5.32 Å². The Balaban J connectivity index is 2.53. The number of nitrogens with one attached hydrogen (secondary N) is 1. The van der Waals surface area contributed by atoms with Crippen molar-refractivity contribution in [3.63, 3.8) is 0 Å². The molecule has 0 aromatic heterocycles. The quantitative estimate of drug-likeness (QED) is 0.538. The Morgan fingerprint density at radius 1 is 0.900 bits per heavy atom. The van der Waals surface area contributed by atoms with E-state index in [1.807, 2.05) is 0 Å². The minimum Gasteiger partial charge on any atom is -0.307 e. The lowest BCUT2D eigenvalue weighted by Gasteiger charge is -2.24. The van der Waals surface area contributed by atoms with Gasteiger partial charge in [0.2, 0.25) is 0 Å². The van der Waals surface area contributed by atoms with Crippen molar-refractivity contribution < 1.29 is 0 Å². The molecule has 0 radical (unpaired) electrons. The van der Waals surface area contributed by atoms with Crippen LogP contribution in [0.25, 0.3) is 0 Å². The first-order chi connectivity index (χ1) is 9.63. The highest BCUT2D eigenvalue weighted by atomic mass is 14.9. The highest BCUT2D eigenvalue weighted by Gasteiger charge is 2.14. The molecule has 1 aromatic rings. The SMILES string of the molecule is CCCCCC(NC(C)CCC(C)C)c1ccccc1. The minimum absolute atomic E-state index is 0.518. The van der Waals surface area contributed by atoms with Gasteiger partial charge >= 0.3 is 0 Å². The molecule has 0 saturated heterocycles. The fourth-order valence-electron chi connectivity index (χ4n) is 2.64. The smallest absolute Gasteiger partial charge is 0.0322 e. The van der Waals surface area contributed by atoms with Gasteiger partial charge in [-0.05, 0) is 37.7 Å². The van der Waals surface area contributed by atoms with Crippen LogP contribution in [0.1, 0.15) is 77.8 Å². The maximum atomic E-state index is 3.85. The third-order valence-electron chi connectivity index (χ3n) is 3.96. The van der Waals surface area contributed by atoms with E-state index in [-0.39, 0.29) is 0 Å². The molecule has 0 amide bonds. The standard InChI is InChI=1S/C19H33N/c1-5-6-8-13-19(18-11-9-7-10-12-18)20-17(4)15-14-16(2)3/h7,9-12,16-17,19-20H,5-6,8,13-15H2,1-4H3. The molecule has 0 aliphatic rings. The predicted octanol–water partition coefficient (Wildman–Crippen LogP) is 5.72. The van der Waals surface area contributed by atoms with Crippen LogP contribution in [-0.2, 0) is 0 Å². The van der Waals surface area contributed by atoms with Crippen LogP contribution in [0.5, 0.6) is 0 Å². The normalized spacial score (nSPS) is 14.4. The van der Waals surface area contributed by atoms with Gasteiger partial charge < -0.3 is 5.32 Å². The number of unbranched alkanes of at least 4 members (excludes halogenated alkanes) is 2. The summed E-state index contributed by atoms with van der Waals surface area (Å²) in [5.41, 5.74) is 1.44. The van der Waals surface area contributed by atoms with E-state index >= 15 is 0 Å². The van der Waals surface area contributed by atoms with E-state index in [9.17, 15) is 0 Å². The molecule has 2 unspecified atom stereocenters. The fourth-order valence-corrected chi connectivity index (χ4v) is 2.64. The van der Waals surface area contributed by atoms with E-state index in [1.54, 1.807) is 0 Å². The summed E-state index contributed by atoms with van der Waals surface area (Å²) in [5.74, 6) is 0.800. The van der Waals surface area contributed by atoms with Gasteiger partial charge in [-0.1, -0.05) is 70.4 Å². The van der Waals surface area contributed by atoms with Crippen molar-refractivity contribution >= 4 is 0 Å². The zero-order valence-corrected chi connectivity index (χ0v) is 13.9. The van der Waals surface area contributed by atoms with Crippen molar-refractivity contribution in [2.45, 2.75) is 78.3 Å². The van der Waals surface area contributed by atoms with E-state index in [4.69, 9.17) is 0 Å². The van der Waals surface area contributed by atoms with Crippen molar-refractivity contribution in [3.05, 3.63) is 35.9 Å². The van der Waals surface area contributed by atoms with E-state index < -0.39 is 0 Å². The molecule has 0 fully saturated rings. The molecule has 0 saturated carbocycles. The summed E-state index contributed by atoms with van der Waals surface area (Å²) in [6.07, 6.45) is 7.79. The van der Waals surface area contributed by atoms with E-state index in [1.165, 1.54) is 44.1 Å². The lowest BCUT2D eigenvalue weighted by atomic mass is 9.98. The molecule has 1 rings (SSSR count). The lowest BCUT2D eigenvalue weighted by molar-refractivity contribution is 0.383. The maximum Gasteiger partial charge on any atom is 0.0322 e. The Morgan fingerprint density at radius 3 is 2.20 bits per heavy atom. The zero-order chi connectivity index (χ0) is 14.8. The van der Waals surface area contributed by atoms with Gasteiger partial charge in [0, 0.05) is 12.1 Å².